The Labute approximate surface area is 178 Å². The van der Waals surface area contributed by atoms with Crippen molar-refractivity contribution in [2.24, 2.45) is 4.99 Å². The van der Waals surface area contributed by atoms with Crippen molar-refractivity contribution in [3.05, 3.63) is 60.1 Å². The zero-order chi connectivity index (χ0) is 18.6. The van der Waals surface area contributed by atoms with Gasteiger partial charge in [-0.25, -0.2) is 0 Å². The highest BCUT2D eigenvalue weighted by Gasteiger charge is 2.08. The molecule has 1 unspecified atom stereocenters. The first-order chi connectivity index (χ1) is 12.6. The fourth-order valence-corrected chi connectivity index (χ4v) is 2.48. The molecule has 1 heterocycles. The Bertz CT molecular complexity index is 675. The molecule has 0 bridgehead atoms. The molecule has 3 N–H and O–H groups in total. The zero-order valence-electron chi connectivity index (χ0n) is 15.9. The van der Waals surface area contributed by atoms with Crippen LogP contribution in [-0.2, 0) is 11.2 Å². The molecule has 1 amide bonds. The third kappa shape index (κ3) is 9.46. The summed E-state index contributed by atoms with van der Waals surface area (Å²) in [7, 11) is 0. The lowest BCUT2D eigenvalue weighted by atomic mass is 10.1. The summed E-state index contributed by atoms with van der Waals surface area (Å²) in [6.07, 6.45) is 3.27. The SMILES string of the molecule is CC(=O)NCCCN=C(NCCc1ccco1)NC(C)c1ccccc1.I. The molecule has 0 radical (unpaired) electrons. The van der Waals surface area contributed by atoms with E-state index in [0.717, 1.165) is 31.1 Å². The van der Waals surface area contributed by atoms with Gasteiger partial charge in [0.15, 0.2) is 5.96 Å². The molecule has 0 fully saturated rings. The van der Waals surface area contributed by atoms with Gasteiger partial charge in [0.2, 0.25) is 5.91 Å². The minimum atomic E-state index is -0.0124. The van der Waals surface area contributed by atoms with E-state index in [2.05, 4.69) is 40.0 Å². The molecule has 27 heavy (non-hydrogen) atoms. The number of carbonyl (C=O) groups excluding carboxylic acids is 1. The van der Waals surface area contributed by atoms with Crippen LogP contribution >= 0.6 is 24.0 Å². The quantitative estimate of drug-likeness (QED) is 0.221. The number of aliphatic imine (C=N–C) groups is 1. The molecule has 2 aromatic rings. The maximum absolute atomic E-state index is 10.9. The van der Waals surface area contributed by atoms with E-state index in [1.54, 1.807) is 6.26 Å². The molecule has 1 aromatic carbocycles. The van der Waals surface area contributed by atoms with E-state index in [1.165, 1.54) is 12.5 Å². The first-order valence-corrected chi connectivity index (χ1v) is 9.02. The summed E-state index contributed by atoms with van der Waals surface area (Å²) in [6, 6.07) is 14.2. The smallest absolute Gasteiger partial charge is 0.216 e. The number of halogens is 1. The highest BCUT2D eigenvalue weighted by atomic mass is 127. The molecular formula is C20H29IN4O2. The standard InChI is InChI=1S/C20H28N4O2.HI/c1-16(18-8-4-3-5-9-18)24-20(22-13-7-12-21-17(2)25)23-14-11-19-10-6-15-26-19;/h3-6,8-10,15-16H,7,11-14H2,1-2H3,(H,21,25)(H2,22,23,24);1H. The van der Waals surface area contributed by atoms with Gasteiger partial charge in [-0.1, -0.05) is 30.3 Å². The maximum Gasteiger partial charge on any atom is 0.216 e. The van der Waals surface area contributed by atoms with E-state index in [4.69, 9.17) is 4.42 Å². The highest BCUT2D eigenvalue weighted by Crippen LogP contribution is 2.10. The number of carbonyl (C=O) groups is 1. The van der Waals surface area contributed by atoms with Crippen molar-refractivity contribution in [1.82, 2.24) is 16.0 Å². The van der Waals surface area contributed by atoms with Gasteiger partial charge >= 0.3 is 0 Å². The average molecular weight is 484 g/mol. The number of benzene rings is 1. The van der Waals surface area contributed by atoms with Crippen LogP contribution in [0.25, 0.3) is 0 Å². The summed E-state index contributed by atoms with van der Waals surface area (Å²) in [4.78, 5) is 15.5. The van der Waals surface area contributed by atoms with Gasteiger partial charge in [0.1, 0.15) is 5.76 Å². The van der Waals surface area contributed by atoms with Crippen LogP contribution < -0.4 is 16.0 Å². The highest BCUT2D eigenvalue weighted by molar-refractivity contribution is 14.0. The van der Waals surface area contributed by atoms with Gasteiger partial charge in [-0.3, -0.25) is 9.79 Å². The summed E-state index contributed by atoms with van der Waals surface area (Å²) >= 11 is 0. The third-order valence-corrected chi connectivity index (χ3v) is 3.88. The van der Waals surface area contributed by atoms with Crippen LogP contribution in [0, 0.1) is 0 Å². The van der Waals surface area contributed by atoms with Gasteiger partial charge in [0, 0.05) is 33.0 Å². The Morgan fingerprint density at radius 2 is 1.89 bits per heavy atom. The van der Waals surface area contributed by atoms with E-state index < -0.39 is 0 Å². The van der Waals surface area contributed by atoms with Gasteiger partial charge < -0.3 is 20.4 Å². The lowest BCUT2D eigenvalue weighted by molar-refractivity contribution is -0.118. The van der Waals surface area contributed by atoms with E-state index in [0.29, 0.717) is 13.1 Å². The topological polar surface area (TPSA) is 78.7 Å². The Hall–Kier alpha value is -2.03. The van der Waals surface area contributed by atoms with Crippen LogP contribution in [0.4, 0.5) is 0 Å². The second-order valence-corrected chi connectivity index (χ2v) is 6.10. The van der Waals surface area contributed by atoms with Crippen molar-refractivity contribution in [2.75, 3.05) is 19.6 Å². The van der Waals surface area contributed by atoms with Gasteiger partial charge in [0.05, 0.1) is 12.3 Å². The number of amides is 1. The monoisotopic (exact) mass is 484 g/mol. The van der Waals surface area contributed by atoms with Crippen molar-refractivity contribution >= 4 is 35.8 Å². The summed E-state index contributed by atoms with van der Waals surface area (Å²) < 4.78 is 5.36. The fraction of sp³-hybridized carbons (Fsp3) is 0.400. The van der Waals surface area contributed by atoms with E-state index in [-0.39, 0.29) is 35.9 Å². The Morgan fingerprint density at radius 1 is 1.11 bits per heavy atom. The van der Waals surface area contributed by atoms with Gasteiger partial charge in [-0.2, -0.15) is 0 Å². The normalized spacial score (nSPS) is 12.0. The molecular weight excluding hydrogens is 455 g/mol. The predicted molar refractivity (Wildman–Crippen MR) is 119 cm³/mol. The van der Waals surface area contributed by atoms with Crippen LogP contribution in [0.1, 0.15) is 37.6 Å². The number of furan rings is 1. The molecule has 7 heteroatoms. The summed E-state index contributed by atoms with van der Waals surface area (Å²) in [5, 5.41) is 9.57. The largest absolute Gasteiger partial charge is 0.469 e. The summed E-state index contributed by atoms with van der Waals surface area (Å²) in [5.41, 5.74) is 1.20. The minimum Gasteiger partial charge on any atom is -0.469 e. The lowest BCUT2D eigenvalue weighted by Gasteiger charge is -2.18. The van der Waals surface area contributed by atoms with E-state index in [1.807, 2.05) is 30.3 Å². The van der Waals surface area contributed by atoms with Crippen LogP contribution in [0.2, 0.25) is 0 Å². The number of guanidine groups is 1. The molecule has 0 saturated carbocycles. The van der Waals surface area contributed by atoms with Crippen LogP contribution in [0.5, 0.6) is 0 Å². The van der Waals surface area contributed by atoms with Crippen LogP contribution in [0.15, 0.2) is 58.1 Å². The van der Waals surface area contributed by atoms with Crippen molar-refractivity contribution in [2.45, 2.75) is 32.7 Å². The van der Waals surface area contributed by atoms with Crippen molar-refractivity contribution in [3.63, 3.8) is 0 Å². The van der Waals surface area contributed by atoms with Crippen LogP contribution in [-0.4, -0.2) is 31.5 Å². The molecule has 1 aromatic heterocycles. The number of rotatable bonds is 9. The second kappa shape index (κ2) is 13.2. The first-order valence-electron chi connectivity index (χ1n) is 9.02. The van der Waals surface area contributed by atoms with E-state index >= 15 is 0 Å². The molecule has 0 aliphatic carbocycles. The van der Waals surface area contributed by atoms with Gasteiger partial charge in [0.25, 0.3) is 0 Å². The third-order valence-electron chi connectivity index (χ3n) is 3.88. The lowest BCUT2D eigenvalue weighted by Crippen LogP contribution is -2.40. The van der Waals surface area contributed by atoms with E-state index in [9.17, 15) is 4.79 Å². The molecule has 2 rings (SSSR count). The number of nitrogens with zero attached hydrogens (tertiary/aromatic N) is 1. The molecule has 0 aliphatic heterocycles. The summed E-state index contributed by atoms with van der Waals surface area (Å²) in [6.45, 7) is 5.63. The average Bonchev–Trinajstić information content (AvgIpc) is 3.15. The minimum absolute atomic E-state index is 0. The molecule has 0 saturated heterocycles. The molecule has 148 valence electrons. The Morgan fingerprint density at radius 3 is 2.56 bits per heavy atom. The van der Waals surface area contributed by atoms with Crippen LogP contribution in [0.3, 0.4) is 0 Å². The number of hydrogen-bond donors (Lipinski definition) is 3. The Kier molecular flexibility index (Phi) is 11.2. The maximum atomic E-state index is 10.9. The number of nitrogens with one attached hydrogen (secondary N) is 3. The molecule has 6 nitrogen and oxygen atoms in total. The second-order valence-electron chi connectivity index (χ2n) is 6.10. The van der Waals surface area contributed by atoms with Crippen molar-refractivity contribution in [1.29, 1.82) is 0 Å². The summed E-state index contributed by atoms with van der Waals surface area (Å²) in [5.74, 6) is 1.69. The number of hydrogen-bond acceptors (Lipinski definition) is 3. The predicted octanol–water partition coefficient (Wildman–Crippen LogP) is 3.26. The van der Waals surface area contributed by atoms with Crippen molar-refractivity contribution < 1.29 is 9.21 Å². The van der Waals surface area contributed by atoms with Gasteiger partial charge in [-0.05, 0) is 31.0 Å². The Balaban J connectivity index is 0.00000364. The molecule has 1 atom stereocenters. The first kappa shape index (κ1) is 23.0. The van der Waals surface area contributed by atoms with Gasteiger partial charge in [-0.15, -0.1) is 24.0 Å². The van der Waals surface area contributed by atoms with Crippen molar-refractivity contribution in [3.8, 4) is 0 Å². The zero-order valence-corrected chi connectivity index (χ0v) is 18.2. The molecule has 0 spiro atoms. The molecule has 0 aliphatic rings. The fourth-order valence-electron chi connectivity index (χ4n) is 2.48.